The maximum absolute atomic E-state index is 10.4. The standard InChI is InChI=1S/C6H5N2OS/c9-4-5-3-8-2-1-7-6(8)10-5/h1-3H,4H2. The monoisotopic (exact) mass is 153 g/mol. The van der Waals surface area contributed by atoms with Crippen LogP contribution in [-0.2, 0) is 11.7 Å². The van der Waals surface area contributed by atoms with E-state index in [4.69, 9.17) is 0 Å². The van der Waals surface area contributed by atoms with Crippen LogP contribution < -0.4 is 0 Å². The van der Waals surface area contributed by atoms with Crippen LogP contribution in [0.1, 0.15) is 4.88 Å². The lowest BCUT2D eigenvalue weighted by molar-refractivity contribution is 0.180. The summed E-state index contributed by atoms with van der Waals surface area (Å²) in [5, 5.41) is 10.4. The van der Waals surface area contributed by atoms with Crippen molar-refractivity contribution in [1.29, 1.82) is 0 Å². The van der Waals surface area contributed by atoms with Crippen molar-refractivity contribution in [3.05, 3.63) is 23.5 Å². The van der Waals surface area contributed by atoms with Crippen molar-refractivity contribution >= 4 is 16.3 Å². The molecular formula is C6H5N2OS. The van der Waals surface area contributed by atoms with Gasteiger partial charge < -0.3 is 0 Å². The molecule has 0 saturated carbocycles. The Balaban J connectivity index is 2.67. The summed E-state index contributed by atoms with van der Waals surface area (Å²) in [5.74, 6) is 0. The molecule has 0 aliphatic heterocycles. The normalized spacial score (nSPS) is 10.9. The summed E-state index contributed by atoms with van der Waals surface area (Å²) in [6.07, 6.45) is 5.38. The third kappa shape index (κ3) is 0.732. The van der Waals surface area contributed by atoms with Crippen LogP contribution in [0.3, 0.4) is 0 Å². The molecule has 0 amide bonds. The van der Waals surface area contributed by atoms with Gasteiger partial charge in [0.25, 0.3) is 0 Å². The zero-order valence-corrected chi connectivity index (χ0v) is 5.97. The lowest BCUT2D eigenvalue weighted by atomic mass is 10.6. The van der Waals surface area contributed by atoms with Gasteiger partial charge in [-0.1, -0.05) is 11.3 Å². The van der Waals surface area contributed by atoms with Crippen molar-refractivity contribution in [2.45, 2.75) is 6.61 Å². The number of nitrogens with zero attached hydrogens (tertiary/aromatic N) is 2. The zero-order chi connectivity index (χ0) is 6.97. The fourth-order valence-corrected chi connectivity index (χ4v) is 1.63. The SMILES string of the molecule is [O]Cc1cn2ccnc2s1. The van der Waals surface area contributed by atoms with E-state index < -0.39 is 0 Å². The van der Waals surface area contributed by atoms with Crippen molar-refractivity contribution in [3.63, 3.8) is 0 Å². The third-order valence-corrected chi connectivity index (χ3v) is 2.27. The second-order valence-electron chi connectivity index (χ2n) is 1.96. The van der Waals surface area contributed by atoms with Crippen LogP contribution in [-0.4, -0.2) is 9.38 Å². The molecular weight excluding hydrogens is 148 g/mol. The van der Waals surface area contributed by atoms with E-state index >= 15 is 0 Å². The Morgan fingerprint density at radius 3 is 3.30 bits per heavy atom. The van der Waals surface area contributed by atoms with Crippen molar-refractivity contribution in [2.75, 3.05) is 0 Å². The van der Waals surface area contributed by atoms with Gasteiger partial charge in [-0.05, 0) is 0 Å². The van der Waals surface area contributed by atoms with Crippen LogP contribution in [0, 0.1) is 0 Å². The van der Waals surface area contributed by atoms with E-state index in [2.05, 4.69) is 4.98 Å². The first kappa shape index (κ1) is 5.88. The average Bonchev–Trinajstić information content (AvgIpc) is 2.42. The highest BCUT2D eigenvalue weighted by Crippen LogP contribution is 2.15. The molecule has 51 valence electrons. The Kier molecular flexibility index (Phi) is 1.22. The Morgan fingerprint density at radius 1 is 1.70 bits per heavy atom. The van der Waals surface area contributed by atoms with E-state index in [0.717, 1.165) is 9.84 Å². The highest BCUT2D eigenvalue weighted by atomic mass is 32.1. The number of fused-ring (bicyclic) bond motifs is 1. The molecule has 4 heteroatoms. The quantitative estimate of drug-likeness (QED) is 0.608. The topological polar surface area (TPSA) is 37.2 Å². The van der Waals surface area contributed by atoms with Crippen molar-refractivity contribution in [1.82, 2.24) is 9.38 Å². The first-order valence-electron chi connectivity index (χ1n) is 2.89. The summed E-state index contributed by atoms with van der Waals surface area (Å²) in [7, 11) is 0. The number of thiazole rings is 1. The molecule has 0 bridgehead atoms. The number of hydrogen-bond acceptors (Lipinski definition) is 2. The Morgan fingerprint density at radius 2 is 2.60 bits per heavy atom. The molecule has 0 saturated heterocycles. The number of rotatable bonds is 1. The first-order chi connectivity index (χ1) is 4.90. The fraction of sp³-hybridized carbons (Fsp3) is 0.167. The van der Waals surface area contributed by atoms with Gasteiger partial charge in [-0.3, -0.25) is 4.40 Å². The van der Waals surface area contributed by atoms with Gasteiger partial charge in [-0.25, -0.2) is 10.1 Å². The molecule has 10 heavy (non-hydrogen) atoms. The molecule has 0 N–H and O–H groups in total. The van der Waals surface area contributed by atoms with E-state index in [1.165, 1.54) is 11.3 Å². The minimum Gasteiger partial charge on any atom is -0.297 e. The lowest BCUT2D eigenvalue weighted by Gasteiger charge is -1.76. The molecule has 2 heterocycles. The van der Waals surface area contributed by atoms with Crippen LogP contribution >= 0.6 is 11.3 Å². The molecule has 3 nitrogen and oxygen atoms in total. The summed E-state index contributed by atoms with van der Waals surface area (Å²) in [6, 6.07) is 0. The number of hydrogen-bond donors (Lipinski definition) is 0. The summed E-state index contributed by atoms with van der Waals surface area (Å²) >= 11 is 1.44. The smallest absolute Gasteiger partial charge is 0.193 e. The lowest BCUT2D eigenvalue weighted by Crippen LogP contribution is -1.72. The summed E-state index contributed by atoms with van der Waals surface area (Å²) < 4.78 is 1.86. The number of aromatic nitrogens is 2. The average molecular weight is 153 g/mol. The molecule has 0 spiro atoms. The van der Waals surface area contributed by atoms with Gasteiger partial charge >= 0.3 is 0 Å². The van der Waals surface area contributed by atoms with Crippen LogP contribution in [0.4, 0.5) is 0 Å². The molecule has 0 aliphatic carbocycles. The van der Waals surface area contributed by atoms with E-state index in [-0.39, 0.29) is 6.61 Å². The molecule has 2 aromatic heterocycles. The van der Waals surface area contributed by atoms with Crippen LogP contribution in [0.25, 0.3) is 4.96 Å². The molecule has 0 atom stereocenters. The Bertz CT molecular complexity index is 309. The van der Waals surface area contributed by atoms with Gasteiger partial charge in [0, 0.05) is 18.6 Å². The maximum atomic E-state index is 10.4. The second-order valence-corrected chi connectivity index (χ2v) is 3.05. The van der Waals surface area contributed by atoms with Gasteiger partial charge in [-0.15, -0.1) is 0 Å². The Hall–Kier alpha value is -0.870. The largest absolute Gasteiger partial charge is 0.297 e. The molecule has 2 aromatic rings. The van der Waals surface area contributed by atoms with E-state index in [1.807, 2.05) is 16.8 Å². The molecule has 1 radical (unpaired) electrons. The summed E-state index contributed by atoms with van der Waals surface area (Å²) in [4.78, 5) is 5.76. The Labute approximate surface area is 61.6 Å². The molecule has 2 rings (SSSR count). The van der Waals surface area contributed by atoms with Crippen molar-refractivity contribution in [3.8, 4) is 0 Å². The highest BCUT2D eigenvalue weighted by molar-refractivity contribution is 7.17. The van der Waals surface area contributed by atoms with Gasteiger partial charge in [-0.2, -0.15) is 0 Å². The summed E-state index contributed by atoms with van der Waals surface area (Å²) in [5.41, 5.74) is 0. The van der Waals surface area contributed by atoms with Crippen LogP contribution in [0.2, 0.25) is 0 Å². The van der Waals surface area contributed by atoms with Gasteiger partial charge in [0.1, 0.15) is 6.61 Å². The van der Waals surface area contributed by atoms with E-state index in [0.29, 0.717) is 0 Å². The maximum Gasteiger partial charge on any atom is 0.193 e. The second kappa shape index (κ2) is 2.07. The van der Waals surface area contributed by atoms with Crippen molar-refractivity contribution in [2.24, 2.45) is 0 Å². The predicted octanol–water partition coefficient (Wildman–Crippen LogP) is 1.33. The molecule has 0 aromatic carbocycles. The fourth-order valence-electron chi connectivity index (χ4n) is 0.842. The zero-order valence-electron chi connectivity index (χ0n) is 5.15. The van der Waals surface area contributed by atoms with E-state index in [9.17, 15) is 5.11 Å². The van der Waals surface area contributed by atoms with Crippen LogP contribution in [0.15, 0.2) is 18.6 Å². The molecule has 0 aliphatic rings. The predicted molar refractivity (Wildman–Crippen MR) is 37.5 cm³/mol. The first-order valence-corrected chi connectivity index (χ1v) is 3.71. The third-order valence-electron chi connectivity index (χ3n) is 1.28. The minimum absolute atomic E-state index is 0.145. The van der Waals surface area contributed by atoms with Gasteiger partial charge in [0.15, 0.2) is 4.96 Å². The number of imidazole rings is 1. The molecule has 0 unspecified atom stereocenters. The van der Waals surface area contributed by atoms with Crippen molar-refractivity contribution < 1.29 is 5.11 Å². The van der Waals surface area contributed by atoms with Gasteiger partial charge in [0.05, 0.1) is 4.88 Å². The minimum atomic E-state index is -0.145. The van der Waals surface area contributed by atoms with Gasteiger partial charge in [0.2, 0.25) is 0 Å². The molecule has 0 fully saturated rings. The van der Waals surface area contributed by atoms with E-state index in [1.54, 1.807) is 6.20 Å². The van der Waals surface area contributed by atoms with Crippen LogP contribution in [0.5, 0.6) is 0 Å². The highest BCUT2D eigenvalue weighted by Gasteiger charge is 1.99. The summed E-state index contributed by atoms with van der Waals surface area (Å²) in [6.45, 7) is -0.145.